The second-order valence-corrected chi connectivity index (χ2v) is 6.38. The Morgan fingerprint density at radius 3 is 2.09 bits per heavy atom. The van der Waals surface area contributed by atoms with Crippen molar-refractivity contribution in [3.63, 3.8) is 0 Å². The molecule has 0 aromatic heterocycles. The van der Waals surface area contributed by atoms with E-state index >= 15 is 0 Å². The van der Waals surface area contributed by atoms with E-state index in [1.54, 1.807) is 6.92 Å². The summed E-state index contributed by atoms with van der Waals surface area (Å²) in [6.07, 6.45) is 1.43. The second-order valence-electron chi connectivity index (χ2n) is 6.38. The fourth-order valence-electron chi connectivity index (χ4n) is 2.45. The molecule has 2 atom stereocenters. The van der Waals surface area contributed by atoms with E-state index in [0.717, 1.165) is 0 Å². The number of hydrogen-bond donors (Lipinski definition) is 3. The van der Waals surface area contributed by atoms with Crippen LogP contribution in [-0.2, 0) is 9.59 Å². The molecule has 1 aliphatic heterocycles. The van der Waals surface area contributed by atoms with Crippen molar-refractivity contribution in [3.8, 4) is 0 Å². The molecule has 0 aliphatic carbocycles. The summed E-state index contributed by atoms with van der Waals surface area (Å²) >= 11 is 0. The average molecular weight is 312 g/mol. The Bertz CT molecular complexity index is 417. The van der Waals surface area contributed by atoms with Crippen LogP contribution >= 0.6 is 0 Å². The number of amides is 4. The Hall–Kier alpha value is -1.63. The maximum Gasteiger partial charge on any atom is 0.318 e. The van der Waals surface area contributed by atoms with E-state index in [0.29, 0.717) is 31.8 Å². The van der Waals surface area contributed by atoms with Crippen molar-refractivity contribution < 1.29 is 14.4 Å². The topological polar surface area (TPSA) is 105 Å². The molecule has 1 aliphatic rings. The summed E-state index contributed by atoms with van der Waals surface area (Å²) in [5.74, 6) is 0.0873. The number of rotatable bonds is 5. The molecule has 1 rings (SSSR count). The van der Waals surface area contributed by atoms with Gasteiger partial charge in [0.25, 0.3) is 0 Å². The second kappa shape index (κ2) is 8.12. The van der Waals surface area contributed by atoms with Crippen LogP contribution in [0.5, 0.6) is 0 Å². The van der Waals surface area contributed by atoms with Gasteiger partial charge in [-0.1, -0.05) is 13.8 Å². The molecule has 0 aromatic carbocycles. The zero-order chi connectivity index (χ0) is 16.9. The minimum atomic E-state index is -0.839. The molecule has 0 saturated carbocycles. The predicted octanol–water partition coefficient (Wildman–Crippen LogP) is 0.443. The molecule has 0 radical (unpaired) electrons. The number of piperidine rings is 1. The van der Waals surface area contributed by atoms with Crippen LogP contribution in [0.25, 0.3) is 0 Å². The summed E-state index contributed by atoms with van der Waals surface area (Å²) in [7, 11) is 0. The quantitative estimate of drug-likeness (QED) is 0.685. The van der Waals surface area contributed by atoms with Gasteiger partial charge in [0, 0.05) is 12.0 Å². The Morgan fingerprint density at radius 2 is 1.64 bits per heavy atom. The van der Waals surface area contributed by atoms with Gasteiger partial charge in [-0.2, -0.15) is 0 Å². The van der Waals surface area contributed by atoms with Crippen LogP contribution in [0, 0.1) is 11.8 Å². The summed E-state index contributed by atoms with van der Waals surface area (Å²) in [4.78, 5) is 36.6. The highest BCUT2D eigenvalue weighted by molar-refractivity contribution is 5.96. The highest BCUT2D eigenvalue weighted by Gasteiger charge is 2.30. The van der Waals surface area contributed by atoms with E-state index in [4.69, 9.17) is 5.73 Å². The third-order valence-electron chi connectivity index (χ3n) is 4.44. The van der Waals surface area contributed by atoms with Crippen molar-refractivity contribution in [2.24, 2.45) is 17.6 Å². The monoisotopic (exact) mass is 312 g/mol. The van der Waals surface area contributed by atoms with Gasteiger partial charge in [0.2, 0.25) is 11.8 Å². The normalized spacial score (nSPS) is 19.5. The van der Waals surface area contributed by atoms with E-state index < -0.39 is 18.0 Å². The van der Waals surface area contributed by atoms with Crippen molar-refractivity contribution in [2.75, 3.05) is 13.1 Å². The largest absolute Gasteiger partial charge is 0.353 e. The van der Waals surface area contributed by atoms with Gasteiger partial charge in [0.15, 0.2) is 0 Å². The maximum atomic E-state index is 12.2. The molecule has 1 saturated heterocycles. The van der Waals surface area contributed by atoms with Gasteiger partial charge < -0.3 is 11.1 Å². The number of urea groups is 1. The van der Waals surface area contributed by atoms with Crippen LogP contribution in [0.1, 0.15) is 40.5 Å². The van der Waals surface area contributed by atoms with Crippen molar-refractivity contribution in [1.29, 1.82) is 0 Å². The molecule has 7 nitrogen and oxygen atoms in total. The fourth-order valence-corrected chi connectivity index (χ4v) is 2.45. The van der Waals surface area contributed by atoms with Crippen LogP contribution in [0.4, 0.5) is 4.79 Å². The number of nitrogens with zero attached hydrogens (tertiary/aromatic N) is 1. The third kappa shape index (κ3) is 5.29. The predicted molar refractivity (Wildman–Crippen MR) is 83.9 cm³/mol. The van der Waals surface area contributed by atoms with Crippen LogP contribution in [0.15, 0.2) is 0 Å². The Balaban J connectivity index is 2.44. The smallest absolute Gasteiger partial charge is 0.318 e. The van der Waals surface area contributed by atoms with E-state index in [2.05, 4.69) is 24.5 Å². The number of carbonyl (C=O) groups excluding carboxylic acids is 3. The van der Waals surface area contributed by atoms with Crippen LogP contribution in [0.3, 0.4) is 0 Å². The lowest BCUT2D eigenvalue weighted by Crippen LogP contribution is -2.52. The van der Waals surface area contributed by atoms with E-state index in [9.17, 15) is 14.4 Å². The lowest BCUT2D eigenvalue weighted by atomic mass is 9.94. The molecule has 4 amide bonds. The van der Waals surface area contributed by atoms with E-state index in [1.807, 2.05) is 11.8 Å². The number of hydrogen-bond acceptors (Lipinski definition) is 4. The zero-order valence-electron chi connectivity index (χ0n) is 13.9. The Labute approximate surface area is 132 Å². The van der Waals surface area contributed by atoms with Gasteiger partial charge in [0.05, 0.1) is 6.04 Å². The molecular weight excluding hydrogens is 284 g/mol. The molecule has 22 heavy (non-hydrogen) atoms. The van der Waals surface area contributed by atoms with Gasteiger partial charge in [-0.15, -0.1) is 0 Å². The average Bonchev–Trinajstić information content (AvgIpc) is 2.45. The van der Waals surface area contributed by atoms with E-state index in [-0.39, 0.29) is 17.9 Å². The van der Waals surface area contributed by atoms with Gasteiger partial charge in [-0.3, -0.25) is 19.8 Å². The molecule has 7 heteroatoms. The van der Waals surface area contributed by atoms with Crippen molar-refractivity contribution in [3.05, 3.63) is 0 Å². The molecular formula is C15H28N4O3. The first-order chi connectivity index (χ1) is 10.2. The molecule has 1 fully saturated rings. The highest BCUT2D eigenvalue weighted by Crippen LogP contribution is 2.19. The van der Waals surface area contributed by atoms with Crippen molar-refractivity contribution in [1.82, 2.24) is 15.5 Å². The summed E-state index contributed by atoms with van der Waals surface area (Å²) in [5, 5.41) is 5.14. The summed E-state index contributed by atoms with van der Waals surface area (Å²) in [6, 6.07) is -1.11. The van der Waals surface area contributed by atoms with Gasteiger partial charge >= 0.3 is 6.03 Å². The first-order valence-corrected chi connectivity index (χ1v) is 7.87. The number of imide groups is 1. The minimum absolute atomic E-state index is 0.0103. The first kappa shape index (κ1) is 18.4. The maximum absolute atomic E-state index is 12.2. The van der Waals surface area contributed by atoms with E-state index in [1.165, 1.54) is 0 Å². The zero-order valence-corrected chi connectivity index (χ0v) is 13.9. The van der Waals surface area contributed by atoms with Crippen LogP contribution in [-0.4, -0.2) is 47.9 Å². The van der Waals surface area contributed by atoms with Crippen molar-refractivity contribution in [2.45, 2.75) is 52.6 Å². The number of carbonyl (C=O) groups is 3. The number of nitrogens with two attached hydrogens (primary N) is 1. The molecule has 0 aromatic rings. The van der Waals surface area contributed by atoms with Gasteiger partial charge in [-0.05, 0) is 45.7 Å². The van der Waals surface area contributed by atoms with Crippen molar-refractivity contribution >= 4 is 17.8 Å². The lowest BCUT2D eigenvalue weighted by molar-refractivity contribution is -0.128. The number of nitrogens with one attached hydrogen (secondary N) is 2. The van der Waals surface area contributed by atoms with Gasteiger partial charge in [0.1, 0.15) is 0 Å². The summed E-state index contributed by atoms with van der Waals surface area (Å²) in [5.41, 5.74) is 4.95. The fraction of sp³-hybridized carbons (Fsp3) is 0.800. The Kier molecular flexibility index (Phi) is 6.80. The molecule has 2 unspecified atom stereocenters. The minimum Gasteiger partial charge on any atom is -0.353 e. The molecule has 126 valence electrons. The standard InChI is InChI=1S/C15H28N4O3/c1-9(2)10(3)17-14(21)12-5-7-19(8-6-12)11(4)13(20)18-15(16)22/h9-12H,5-8H2,1-4H3,(H,17,21)(H3,16,18,20,22). The molecule has 0 bridgehead atoms. The number of primary amides is 1. The van der Waals surface area contributed by atoms with Crippen LogP contribution in [0.2, 0.25) is 0 Å². The SMILES string of the molecule is CC(C)C(C)NC(=O)C1CCN(C(C)C(=O)NC(N)=O)CC1. The summed E-state index contributed by atoms with van der Waals surface area (Å²) in [6.45, 7) is 9.20. The first-order valence-electron chi connectivity index (χ1n) is 7.87. The molecule has 0 spiro atoms. The number of likely N-dealkylation sites (tertiary alicyclic amines) is 1. The third-order valence-corrected chi connectivity index (χ3v) is 4.44. The van der Waals surface area contributed by atoms with Crippen LogP contribution < -0.4 is 16.4 Å². The molecule has 4 N–H and O–H groups in total. The molecule has 1 heterocycles. The lowest BCUT2D eigenvalue weighted by Gasteiger charge is -2.35. The Morgan fingerprint density at radius 1 is 1.09 bits per heavy atom. The highest BCUT2D eigenvalue weighted by atomic mass is 16.2. The summed E-state index contributed by atoms with van der Waals surface area (Å²) < 4.78 is 0. The van der Waals surface area contributed by atoms with Gasteiger partial charge in [-0.25, -0.2) is 4.79 Å².